The molecule has 78 valence electrons. The number of hydrogen-bond donors (Lipinski definition) is 2. The molecule has 0 rings (SSSR count). The molecule has 0 bridgehead atoms. The molecule has 3 heteroatoms. The van der Waals surface area contributed by atoms with E-state index in [0.29, 0.717) is 11.3 Å². The van der Waals surface area contributed by atoms with Crippen LogP contribution in [0, 0.1) is 0 Å². The van der Waals surface area contributed by atoms with Gasteiger partial charge in [-0.15, -0.1) is 6.58 Å². The summed E-state index contributed by atoms with van der Waals surface area (Å²) in [6, 6.07) is 0.420. The van der Waals surface area contributed by atoms with Gasteiger partial charge in [0, 0.05) is 11.8 Å². The Kier molecular flexibility index (Phi) is 7.42. The molecule has 0 radical (unpaired) electrons. The van der Waals surface area contributed by atoms with E-state index in [0.717, 1.165) is 18.6 Å². The Balaban J connectivity index is 3.57. The fourth-order valence-electron chi connectivity index (χ4n) is 0.944. The van der Waals surface area contributed by atoms with Crippen LogP contribution in [0.15, 0.2) is 12.2 Å². The molecule has 1 unspecified atom stereocenters. The molecule has 0 spiro atoms. The van der Waals surface area contributed by atoms with Gasteiger partial charge < -0.3 is 0 Å². The summed E-state index contributed by atoms with van der Waals surface area (Å²) in [6.07, 6.45) is 2.15. The number of nitrogens with one attached hydrogen (secondary N) is 1. The zero-order valence-corrected chi connectivity index (χ0v) is 9.79. The third-order valence-corrected chi connectivity index (χ3v) is 3.05. The molecule has 2 nitrogen and oxygen atoms in total. The van der Waals surface area contributed by atoms with E-state index in [4.69, 9.17) is 5.84 Å². The van der Waals surface area contributed by atoms with E-state index in [1.165, 1.54) is 5.57 Å². The first-order chi connectivity index (χ1) is 6.06. The predicted octanol–water partition coefficient (Wildman–Crippen LogP) is 2.32. The van der Waals surface area contributed by atoms with Crippen LogP contribution in [0.1, 0.15) is 33.6 Å². The first kappa shape index (κ1) is 13.0. The second-order valence-corrected chi connectivity index (χ2v) is 5.35. The average Bonchev–Trinajstić information content (AvgIpc) is 2.04. The Bertz CT molecular complexity index is 146. The van der Waals surface area contributed by atoms with Crippen molar-refractivity contribution in [2.45, 2.75) is 44.9 Å². The van der Waals surface area contributed by atoms with Gasteiger partial charge in [0.15, 0.2) is 0 Å². The van der Waals surface area contributed by atoms with E-state index < -0.39 is 0 Å². The lowest BCUT2D eigenvalue weighted by atomic mass is 10.1. The summed E-state index contributed by atoms with van der Waals surface area (Å²) in [6.45, 7) is 10.4. The highest BCUT2D eigenvalue weighted by atomic mass is 32.2. The van der Waals surface area contributed by atoms with Crippen molar-refractivity contribution in [3.63, 3.8) is 0 Å². The molecule has 3 N–H and O–H groups in total. The van der Waals surface area contributed by atoms with Crippen LogP contribution in [0.5, 0.6) is 0 Å². The van der Waals surface area contributed by atoms with E-state index >= 15 is 0 Å². The lowest BCUT2D eigenvalue weighted by molar-refractivity contribution is 0.538. The van der Waals surface area contributed by atoms with Gasteiger partial charge in [0.1, 0.15) is 0 Å². The zero-order chi connectivity index (χ0) is 10.3. The smallest absolute Gasteiger partial charge is 0.0304 e. The van der Waals surface area contributed by atoms with Gasteiger partial charge >= 0.3 is 0 Å². The summed E-state index contributed by atoms with van der Waals surface area (Å²) in [5, 5.41) is 0.681. The molecular formula is C10H22N2S. The van der Waals surface area contributed by atoms with Gasteiger partial charge in [-0.05, 0) is 25.0 Å². The summed E-state index contributed by atoms with van der Waals surface area (Å²) in [5.41, 5.74) is 4.08. The second kappa shape index (κ2) is 7.42. The minimum Gasteiger partial charge on any atom is -0.271 e. The summed E-state index contributed by atoms with van der Waals surface area (Å²) in [7, 11) is 0. The van der Waals surface area contributed by atoms with Crippen molar-refractivity contribution in [3.05, 3.63) is 12.2 Å². The van der Waals surface area contributed by atoms with Crippen molar-refractivity contribution in [3.8, 4) is 0 Å². The zero-order valence-electron chi connectivity index (χ0n) is 8.97. The van der Waals surface area contributed by atoms with Crippen molar-refractivity contribution < 1.29 is 0 Å². The molecule has 0 fully saturated rings. The first-order valence-corrected chi connectivity index (χ1v) is 5.83. The third-order valence-electron chi connectivity index (χ3n) is 1.79. The number of hydrazine groups is 1. The minimum absolute atomic E-state index is 0.420. The summed E-state index contributed by atoms with van der Waals surface area (Å²) in [4.78, 5) is 0. The van der Waals surface area contributed by atoms with Gasteiger partial charge in [0.05, 0.1) is 0 Å². The van der Waals surface area contributed by atoms with Gasteiger partial charge in [-0.3, -0.25) is 11.3 Å². The Labute approximate surface area is 86.3 Å². The Morgan fingerprint density at radius 3 is 2.54 bits per heavy atom. The van der Waals surface area contributed by atoms with Crippen LogP contribution in [0.4, 0.5) is 0 Å². The van der Waals surface area contributed by atoms with E-state index in [-0.39, 0.29) is 0 Å². The molecule has 0 aromatic rings. The number of nitrogens with two attached hydrogens (primary N) is 1. The molecule has 0 aromatic carbocycles. The van der Waals surface area contributed by atoms with Gasteiger partial charge in [0.25, 0.3) is 0 Å². The largest absolute Gasteiger partial charge is 0.271 e. The maximum atomic E-state index is 5.45. The monoisotopic (exact) mass is 202 g/mol. The van der Waals surface area contributed by atoms with Gasteiger partial charge in [-0.1, -0.05) is 19.4 Å². The van der Waals surface area contributed by atoms with Crippen LogP contribution in [0.3, 0.4) is 0 Å². The van der Waals surface area contributed by atoms with Crippen LogP contribution in [0.25, 0.3) is 0 Å². The van der Waals surface area contributed by atoms with Crippen molar-refractivity contribution in [1.29, 1.82) is 0 Å². The van der Waals surface area contributed by atoms with Gasteiger partial charge in [-0.2, -0.15) is 11.8 Å². The second-order valence-electron chi connectivity index (χ2n) is 3.74. The van der Waals surface area contributed by atoms with E-state index in [9.17, 15) is 0 Å². The average molecular weight is 202 g/mol. The number of thioether (sulfide) groups is 1. The van der Waals surface area contributed by atoms with Crippen LogP contribution >= 0.6 is 11.8 Å². The van der Waals surface area contributed by atoms with Crippen molar-refractivity contribution in [1.82, 2.24) is 5.43 Å². The highest BCUT2D eigenvalue weighted by molar-refractivity contribution is 7.99. The molecule has 1 atom stereocenters. The molecule has 13 heavy (non-hydrogen) atoms. The topological polar surface area (TPSA) is 38.0 Å². The molecule has 0 heterocycles. The highest BCUT2D eigenvalue weighted by Gasteiger charge is 2.07. The van der Waals surface area contributed by atoms with E-state index in [1.54, 1.807) is 0 Å². The lowest BCUT2D eigenvalue weighted by Gasteiger charge is -2.16. The molecule has 0 aromatic heterocycles. The molecule has 0 saturated heterocycles. The predicted molar refractivity (Wildman–Crippen MR) is 62.8 cm³/mol. The summed E-state index contributed by atoms with van der Waals surface area (Å²) in [5.74, 6) is 6.54. The van der Waals surface area contributed by atoms with Crippen LogP contribution in [-0.4, -0.2) is 17.0 Å². The third kappa shape index (κ3) is 8.34. The van der Waals surface area contributed by atoms with Crippen LogP contribution < -0.4 is 11.3 Å². The quantitative estimate of drug-likeness (QED) is 0.378. The Hall–Kier alpha value is 0.01000. The van der Waals surface area contributed by atoms with Crippen molar-refractivity contribution in [2.24, 2.45) is 5.84 Å². The van der Waals surface area contributed by atoms with Crippen LogP contribution in [-0.2, 0) is 0 Å². The van der Waals surface area contributed by atoms with E-state index in [2.05, 4.69) is 32.8 Å². The first-order valence-electron chi connectivity index (χ1n) is 4.78. The lowest BCUT2D eigenvalue weighted by Crippen LogP contribution is -2.37. The fourth-order valence-corrected chi connectivity index (χ4v) is 1.82. The summed E-state index contributed by atoms with van der Waals surface area (Å²) >= 11 is 1.94. The SMILES string of the molecule is C=C(C)CCC(CSC(C)C)NN. The molecule has 0 aliphatic heterocycles. The van der Waals surface area contributed by atoms with Crippen molar-refractivity contribution >= 4 is 11.8 Å². The standard InChI is InChI=1S/C10H22N2S/c1-8(2)5-6-10(12-11)7-13-9(3)4/h9-10,12H,1,5-7,11H2,2-4H3. The maximum Gasteiger partial charge on any atom is 0.0304 e. The summed E-state index contributed by atoms with van der Waals surface area (Å²) < 4.78 is 0. The number of allylic oxidation sites excluding steroid dienone is 1. The van der Waals surface area contributed by atoms with Crippen molar-refractivity contribution in [2.75, 3.05) is 5.75 Å². The molecule has 0 saturated carbocycles. The maximum absolute atomic E-state index is 5.45. The number of rotatable bonds is 7. The molecule has 0 aliphatic carbocycles. The highest BCUT2D eigenvalue weighted by Crippen LogP contribution is 2.14. The Morgan fingerprint density at radius 1 is 1.54 bits per heavy atom. The fraction of sp³-hybridized carbons (Fsp3) is 0.800. The van der Waals surface area contributed by atoms with Crippen LogP contribution in [0.2, 0.25) is 0 Å². The normalized spacial score (nSPS) is 13.3. The number of hydrogen-bond acceptors (Lipinski definition) is 3. The molecule has 0 aliphatic rings. The Morgan fingerprint density at radius 2 is 2.15 bits per heavy atom. The molecular weight excluding hydrogens is 180 g/mol. The van der Waals surface area contributed by atoms with Gasteiger partial charge in [-0.25, -0.2) is 0 Å². The van der Waals surface area contributed by atoms with E-state index in [1.807, 2.05) is 11.8 Å². The minimum atomic E-state index is 0.420. The molecule has 0 amide bonds. The van der Waals surface area contributed by atoms with Gasteiger partial charge in [0.2, 0.25) is 0 Å².